The fourth-order valence-corrected chi connectivity index (χ4v) is 1.76. The second-order valence-electron chi connectivity index (χ2n) is 3.39. The Kier molecular flexibility index (Phi) is 3.14. The van der Waals surface area contributed by atoms with Gasteiger partial charge in [0.15, 0.2) is 0 Å². The Morgan fingerprint density at radius 2 is 2.25 bits per heavy atom. The third-order valence-electron chi connectivity index (χ3n) is 2.12. The molecular weight excluding hydrogens is 270 g/mol. The third kappa shape index (κ3) is 2.36. The highest BCUT2D eigenvalue weighted by molar-refractivity contribution is 9.10. The highest BCUT2D eigenvalue weighted by Crippen LogP contribution is 2.28. The minimum Gasteiger partial charge on any atom is -0.495 e. The summed E-state index contributed by atoms with van der Waals surface area (Å²) >= 11 is 3.40. The van der Waals surface area contributed by atoms with Crippen LogP contribution in [-0.4, -0.2) is 17.1 Å². The molecule has 0 saturated carbocycles. The average Bonchev–Trinajstić information content (AvgIpc) is 2.67. The van der Waals surface area contributed by atoms with Crippen molar-refractivity contribution in [1.82, 2.24) is 9.97 Å². The van der Waals surface area contributed by atoms with Crippen molar-refractivity contribution in [2.24, 2.45) is 0 Å². The molecule has 4 nitrogen and oxygen atoms in total. The van der Waals surface area contributed by atoms with E-state index in [1.54, 1.807) is 13.3 Å². The molecule has 0 atom stereocenters. The zero-order valence-electron chi connectivity index (χ0n) is 9.04. The van der Waals surface area contributed by atoms with E-state index in [0.29, 0.717) is 0 Å². The van der Waals surface area contributed by atoms with E-state index in [9.17, 15) is 0 Å². The number of methoxy groups -OCH3 is 1. The second-order valence-corrected chi connectivity index (χ2v) is 4.24. The van der Waals surface area contributed by atoms with Crippen LogP contribution in [0.1, 0.15) is 5.69 Å². The molecule has 0 bridgehead atoms. The molecule has 0 aliphatic carbocycles. The first-order valence-electron chi connectivity index (χ1n) is 4.81. The van der Waals surface area contributed by atoms with Gasteiger partial charge in [0.2, 0.25) is 5.95 Å². The van der Waals surface area contributed by atoms with Crippen LogP contribution in [0.3, 0.4) is 0 Å². The lowest BCUT2D eigenvalue weighted by Gasteiger charge is -2.07. The van der Waals surface area contributed by atoms with E-state index < -0.39 is 0 Å². The topological polar surface area (TPSA) is 49.9 Å². The predicted molar refractivity (Wildman–Crippen MR) is 67.3 cm³/mol. The van der Waals surface area contributed by atoms with Crippen LogP contribution >= 0.6 is 15.9 Å². The normalized spacial score (nSPS) is 10.2. The van der Waals surface area contributed by atoms with Gasteiger partial charge in [0.25, 0.3) is 0 Å². The van der Waals surface area contributed by atoms with Gasteiger partial charge < -0.3 is 15.0 Å². The van der Waals surface area contributed by atoms with Gasteiger partial charge in [-0.1, -0.05) is 0 Å². The monoisotopic (exact) mass is 281 g/mol. The first kappa shape index (κ1) is 11.0. The number of benzene rings is 1. The van der Waals surface area contributed by atoms with E-state index in [1.807, 2.05) is 25.1 Å². The molecule has 0 aliphatic heterocycles. The molecule has 0 spiro atoms. The molecule has 0 radical (unpaired) electrons. The Hall–Kier alpha value is -1.49. The van der Waals surface area contributed by atoms with Gasteiger partial charge in [-0.15, -0.1) is 0 Å². The lowest BCUT2D eigenvalue weighted by Crippen LogP contribution is -1.93. The molecule has 16 heavy (non-hydrogen) atoms. The molecule has 2 aromatic rings. The number of imidazole rings is 1. The van der Waals surface area contributed by atoms with Crippen LogP contribution in [0.4, 0.5) is 11.6 Å². The summed E-state index contributed by atoms with van der Waals surface area (Å²) in [5.74, 6) is 1.51. The Balaban J connectivity index is 2.21. The van der Waals surface area contributed by atoms with Crippen LogP contribution < -0.4 is 10.1 Å². The molecule has 0 aliphatic rings. The van der Waals surface area contributed by atoms with Crippen LogP contribution in [0.5, 0.6) is 5.75 Å². The minimum atomic E-state index is 0.724. The second kappa shape index (κ2) is 4.57. The number of H-pyrrole nitrogens is 1. The fraction of sp³-hybridized carbons (Fsp3) is 0.182. The Bertz CT molecular complexity index is 496. The summed E-state index contributed by atoms with van der Waals surface area (Å²) in [6, 6.07) is 5.78. The first-order chi connectivity index (χ1) is 7.69. The maximum Gasteiger partial charge on any atom is 0.204 e. The summed E-state index contributed by atoms with van der Waals surface area (Å²) < 4.78 is 6.14. The smallest absolute Gasteiger partial charge is 0.204 e. The number of nitrogens with zero attached hydrogens (tertiary/aromatic N) is 1. The molecule has 1 aromatic heterocycles. The van der Waals surface area contributed by atoms with Crippen molar-refractivity contribution >= 4 is 27.6 Å². The van der Waals surface area contributed by atoms with Crippen molar-refractivity contribution in [1.29, 1.82) is 0 Å². The molecule has 0 fully saturated rings. The number of ether oxygens (including phenoxy) is 1. The number of rotatable bonds is 3. The van der Waals surface area contributed by atoms with E-state index in [1.165, 1.54) is 0 Å². The Morgan fingerprint density at radius 1 is 1.44 bits per heavy atom. The molecule has 1 aromatic carbocycles. The summed E-state index contributed by atoms with van der Waals surface area (Å²) in [5.41, 5.74) is 1.95. The number of hydrogen-bond donors (Lipinski definition) is 2. The van der Waals surface area contributed by atoms with Gasteiger partial charge in [0.1, 0.15) is 5.75 Å². The fourth-order valence-electron chi connectivity index (χ4n) is 1.35. The third-order valence-corrected chi connectivity index (χ3v) is 2.77. The van der Waals surface area contributed by atoms with Crippen LogP contribution in [0.2, 0.25) is 0 Å². The van der Waals surface area contributed by atoms with E-state index in [4.69, 9.17) is 4.74 Å². The molecule has 5 heteroatoms. The van der Waals surface area contributed by atoms with E-state index in [0.717, 1.165) is 27.6 Å². The van der Waals surface area contributed by atoms with Gasteiger partial charge in [-0.2, -0.15) is 0 Å². The van der Waals surface area contributed by atoms with Gasteiger partial charge in [0.05, 0.1) is 11.6 Å². The molecule has 2 N–H and O–H groups in total. The Labute approximate surface area is 102 Å². The number of halogens is 1. The summed E-state index contributed by atoms with van der Waals surface area (Å²) in [4.78, 5) is 7.27. The van der Waals surface area contributed by atoms with Crippen molar-refractivity contribution in [3.8, 4) is 5.75 Å². The minimum absolute atomic E-state index is 0.724. The first-order valence-corrected chi connectivity index (χ1v) is 5.60. The molecule has 0 unspecified atom stereocenters. The van der Waals surface area contributed by atoms with Gasteiger partial charge in [-0.25, -0.2) is 4.98 Å². The van der Waals surface area contributed by atoms with Crippen LogP contribution in [0, 0.1) is 6.92 Å². The lowest BCUT2D eigenvalue weighted by molar-refractivity contribution is 0.412. The largest absolute Gasteiger partial charge is 0.495 e. The molecule has 2 rings (SSSR count). The van der Waals surface area contributed by atoms with Gasteiger partial charge in [-0.05, 0) is 35.0 Å². The maximum absolute atomic E-state index is 5.21. The van der Waals surface area contributed by atoms with Crippen molar-refractivity contribution in [3.63, 3.8) is 0 Å². The van der Waals surface area contributed by atoms with Crippen molar-refractivity contribution < 1.29 is 4.74 Å². The number of aryl methyl sites for hydroxylation is 1. The average molecular weight is 282 g/mol. The zero-order chi connectivity index (χ0) is 11.5. The number of aromatic nitrogens is 2. The zero-order valence-corrected chi connectivity index (χ0v) is 10.6. The lowest BCUT2D eigenvalue weighted by atomic mass is 10.3. The van der Waals surface area contributed by atoms with Gasteiger partial charge >= 0.3 is 0 Å². The summed E-state index contributed by atoms with van der Waals surface area (Å²) in [6.07, 6.45) is 1.78. The highest BCUT2D eigenvalue weighted by atomic mass is 79.9. The van der Waals surface area contributed by atoms with Crippen molar-refractivity contribution in [3.05, 3.63) is 34.6 Å². The van der Waals surface area contributed by atoms with E-state index in [2.05, 4.69) is 31.2 Å². The standard InChI is InChI=1S/C11H12BrN3O/c1-7-6-13-11(14-7)15-8-3-4-9(12)10(5-8)16-2/h3-6H,1-2H3,(H2,13,14,15). The van der Waals surface area contributed by atoms with E-state index in [-0.39, 0.29) is 0 Å². The molecular formula is C11H12BrN3O. The number of anilines is 2. The van der Waals surface area contributed by atoms with Gasteiger partial charge in [-0.3, -0.25) is 0 Å². The van der Waals surface area contributed by atoms with Crippen LogP contribution in [0.15, 0.2) is 28.9 Å². The number of aromatic amines is 1. The van der Waals surface area contributed by atoms with Crippen molar-refractivity contribution in [2.45, 2.75) is 6.92 Å². The summed E-state index contributed by atoms with van der Waals surface area (Å²) in [5, 5.41) is 3.16. The van der Waals surface area contributed by atoms with E-state index >= 15 is 0 Å². The molecule has 84 valence electrons. The Morgan fingerprint density at radius 3 is 2.88 bits per heavy atom. The SMILES string of the molecule is COc1cc(Nc2ncc(C)[nH]2)ccc1Br. The highest BCUT2D eigenvalue weighted by Gasteiger charge is 2.03. The van der Waals surface area contributed by atoms with Gasteiger partial charge in [0, 0.05) is 23.6 Å². The predicted octanol–water partition coefficient (Wildman–Crippen LogP) is 3.23. The number of hydrogen-bond acceptors (Lipinski definition) is 3. The molecule has 0 amide bonds. The quantitative estimate of drug-likeness (QED) is 0.908. The van der Waals surface area contributed by atoms with Crippen LogP contribution in [-0.2, 0) is 0 Å². The molecule has 0 saturated heterocycles. The van der Waals surface area contributed by atoms with Crippen LogP contribution in [0.25, 0.3) is 0 Å². The summed E-state index contributed by atoms with van der Waals surface area (Å²) in [7, 11) is 1.64. The van der Waals surface area contributed by atoms with Crippen molar-refractivity contribution in [2.75, 3.05) is 12.4 Å². The molecule has 1 heterocycles. The summed E-state index contributed by atoms with van der Waals surface area (Å²) in [6.45, 7) is 1.96. The maximum atomic E-state index is 5.21. The number of nitrogens with one attached hydrogen (secondary N) is 2.